The first-order valence-electron chi connectivity index (χ1n) is 11.5. The second-order valence-electron chi connectivity index (χ2n) is 9.36. The number of hydrogen-bond donors (Lipinski definition) is 4. The second-order valence-corrected chi connectivity index (χ2v) is 9.36. The molecule has 1 aliphatic rings. The van der Waals surface area contributed by atoms with Gasteiger partial charge in [0.2, 0.25) is 5.88 Å². The van der Waals surface area contributed by atoms with E-state index in [2.05, 4.69) is 25.9 Å². The number of carbonyl (C=O) groups is 3. The smallest absolute Gasteiger partial charge is 0.414 e. The Bertz CT molecular complexity index is 1280. The lowest BCUT2D eigenvalue weighted by Gasteiger charge is -2.35. The number of carbonyl (C=O) groups excluding carboxylic acids is 2. The van der Waals surface area contributed by atoms with Crippen LogP contribution in [0.3, 0.4) is 0 Å². The summed E-state index contributed by atoms with van der Waals surface area (Å²) >= 11 is 0. The zero-order valence-electron chi connectivity index (χ0n) is 20.2. The summed E-state index contributed by atoms with van der Waals surface area (Å²) in [7, 11) is 0. The van der Waals surface area contributed by atoms with E-state index in [9.17, 15) is 14.4 Å². The summed E-state index contributed by atoms with van der Waals surface area (Å²) in [5, 5.41) is 17.0. The predicted molar refractivity (Wildman–Crippen MR) is 132 cm³/mol. The Morgan fingerprint density at radius 2 is 2.00 bits per heavy atom. The van der Waals surface area contributed by atoms with Gasteiger partial charge in [0.05, 0.1) is 17.6 Å². The van der Waals surface area contributed by atoms with E-state index >= 15 is 0 Å². The highest BCUT2D eigenvalue weighted by atomic mass is 16.6. The maximum absolute atomic E-state index is 13.5. The van der Waals surface area contributed by atoms with Crippen LogP contribution in [0.4, 0.5) is 26.8 Å². The van der Waals surface area contributed by atoms with Gasteiger partial charge in [0.15, 0.2) is 5.58 Å². The van der Waals surface area contributed by atoms with Gasteiger partial charge in [-0.05, 0) is 51.8 Å². The number of pyridine rings is 2. The third kappa shape index (κ3) is 5.82. The lowest BCUT2D eigenvalue weighted by atomic mass is 10.0. The van der Waals surface area contributed by atoms with E-state index in [-0.39, 0.29) is 23.0 Å². The number of ether oxygens (including phenoxy) is 1. The number of nitrogens with one attached hydrogen (secondary N) is 3. The molecule has 0 aromatic carbocycles. The van der Waals surface area contributed by atoms with Crippen molar-refractivity contribution in [3.63, 3.8) is 0 Å². The molecule has 0 saturated carbocycles. The number of carboxylic acid groups (broad SMARTS) is 1. The number of nitrogens with zero attached hydrogens (tertiary/aromatic N) is 3. The molecule has 36 heavy (non-hydrogen) atoms. The van der Waals surface area contributed by atoms with Gasteiger partial charge in [0.1, 0.15) is 16.7 Å². The van der Waals surface area contributed by atoms with Crippen molar-refractivity contribution in [3.8, 4) is 0 Å². The van der Waals surface area contributed by atoms with Gasteiger partial charge >= 0.3 is 12.2 Å². The summed E-state index contributed by atoms with van der Waals surface area (Å²) in [6.07, 6.45) is 4.28. The first kappa shape index (κ1) is 24.8. The molecule has 0 aliphatic carbocycles. The Hall–Kier alpha value is -4.35. The van der Waals surface area contributed by atoms with Gasteiger partial charge in [-0.25, -0.2) is 9.59 Å². The molecule has 0 radical (unpaired) electrons. The van der Waals surface area contributed by atoms with Crippen molar-refractivity contribution in [2.45, 2.75) is 45.3 Å². The van der Waals surface area contributed by atoms with Crippen molar-refractivity contribution in [1.29, 1.82) is 0 Å². The Balaban J connectivity index is 1.61. The maximum atomic E-state index is 13.5. The third-order valence-electron chi connectivity index (χ3n) is 5.42. The lowest BCUT2D eigenvalue weighted by molar-refractivity contribution is 0.0632. The summed E-state index contributed by atoms with van der Waals surface area (Å²) in [5.41, 5.74) is 0.997. The number of furan rings is 1. The zero-order chi connectivity index (χ0) is 25.9. The molecule has 3 aromatic rings. The lowest BCUT2D eigenvalue weighted by Crippen LogP contribution is -2.47. The summed E-state index contributed by atoms with van der Waals surface area (Å²) in [4.78, 5) is 47.4. The number of hydrogen-bond acceptors (Lipinski definition) is 8. The molecule has 190 valence electrons. The average Bonchev–Trinajstić information content (AvgIpc) is 3.15. The van der Waals surface area contributed by atoms with E-state index in [4.69, 9.17) is 14.3 Å². The number of piperidine rings is 1. The first-order valence-corrected chi connectivity index (χ1v) is 11.5. The summed E-state index contributed by atoms with van der Waals surface area (Å²) in [6, 6.07) is 4.81. The molecule has 3 amide bonds. The minimum atomic E-state index is -1.07. The molecule has 3 aromatic heterocycles. The van der Waals surface area contributed by atoms with Crippen LogP contribution in [0.15, 0.2) is 41.2 Å². The molecule has 0 bridgehead atoms. The molecule has 4 N–H and O–H groups in total. The highest BCUT2D eigenvalue weighted by Gasteiger charge is 2.28. The molecular formula is C24H28N6O6. The SMILES string of the molecule is CC(C)(C)OC(=O)Nc1oc2cccnc2c1C(=O)Nc1cnccc1N1CCC[C@H](NC(=O)O)C1. The average molecular weight is 497 g/mol. The van der Waals surface area contributed by atoms with Crippen molar-refractivity contribution < 1.29 is 28.6 Å². The number of amides is 3. The van der Waals surface area contributed by atoms with E-state index in [1.54, 1.807) is 45.2 Å². The first-order chi connectivity index (χ1) is 17.1. The van der Waals surface area contributed by atoms with Crippen LogP contribution in [0.5, 0.6) is 0 Å². The summed E-state index contributed by atoms with van der Waals surface area (Å²) in [6.45, 7) is 6.30. The van der Waals surface area contributed by atoms with E-state index in [1.807, 2.05) is 4.90 Å². The maximum Gasteiger partial charge on any atom is 0.414 e. The van der Waals surface area contributed by atoms with E-state index in [1.165, 1.54) is 12.4 Å². The summed E-state index contributed by atoms with van der Waals surface area (Å²) in [5.74, 6) is -0.658. The van der Waals surface area contributed by atoms with Gasteiger partial charge in [0, 0.05) is 31.5 Å². The molecule has 12 nitrogen and oxygen atoms in total. The third-order valence-corrected chi connectivity index (χ3v) is 5.42. The standard InChI is InChI=1S/C24H28N6O6/c1-24(2,3)36-23(34)29-21-18(19-17(35-21)7-4-9-26-19)20(31)28-15-12-25-10-8-16(15)30-11-5-6-14(13-30)27-22(32)33/h4,7-10,12,14,27H,5-6,11,13H2,1-3H3,(H,28,31)(H,29,34)(H,32,33)/t14-/m0/s1. The van der Waals surface area contributed by atoms with Crippen LogP contribution in [0.25, 0.3) is 11.1 Å². The van der Waals surface area contributed by atoms with E-state index < -0.39 is 23.7 Å². The number of aromatic nitrogens is 2. The van der Waals surface area contributed by atoms with Crippen LogP contribution in [-0.4, -0.2) is 57.9 Å². The number of fused-ring (bicyclic) bond motifs is 1. The monoisotopic (exact) mass is 496 g/mol. The fraction of sp³-hybridized carbons (Fsp3) is 0.375. The van der Waals surface area contributed by atoms with Crippen LogP contribution in [-0.2, 0) is 4.74 Å². The van der Waals surface area contributed by atoms with Gasteiger partial charge in [-0.2, -0.15) is 0 Å². The number of rotatable bonds is 5. The van der Waals surface area contributed by atoms with Crippen molar-refractivity contribution in [1.82, 2.24) is 15.3 Å². The van der Waals surface area contributed by atoms with Gasteiger partial charge in [-0.15, -0.1) is 0 Å². The fourth-order valence-corrected chi connectivity index (χ4v) is 4.06. The Kier molecular flexibility index (Phi) is 6.95. The van der Waals surface area contributed by atoms with Gasteiger partial charge < -0.3 is 29.8 Å². The van der Waals surface area contributed by atoms with Crippen molar-refractivity contribution in [2.75, 3.05) is 28.6 Å². The highest BCUT2D eigenvalue weighted by Crippen LogP contribution is 2.32. The fourth-order valence-electron chi connectivity index (χ4n) is 4.06. The minimum Gasteiger partial charge on any atom is -0.465 e. The predicted octanol–water partition coefficient (Wildman–Crippen LogP) is 4.06. The Labute approximate surface area is 207 Å². The molecule has 1 aliphatic heterocycles. The van der Waals surface area contributed by atoms with Gasteiger partial charge in [-0.1, -0.05) is 0 Å². The molecule has 0 unspecified atom stereocenters. The molecule has 1 saturated heterocycles. The Morgan fingerprint density at radius 3 is 2.75 bits per heavy atom. The molecule has 0 spiro atoms. The van der Waals surface area contributed by atoms with Crippen LogP contribution in [0.1, 0.15) is 44.0 Å². The molecule has 4 heterocycles. The molecule has 1 atom stereocenters. The number of anilines is 3. The molecule has 1 fully saturated rings. The quantitative estimate of drug-likeness (QED) is 0.408. The van der Waals surface area contributed by atoms with Crippen molar-refractivity contribution in [2.24, 2.45) is 0 Å². The topological polar surface area (TPSA) is 159 Å². The largest absolute Gasteiger partial charge is 0.465 e. The minimum absolute atomic E-state index is 0.0373. The molecule has 12 heteroatoms. The van der Waals surface area contributed by atoms with Crippen molar-refractivity contribution >= 4 is 46.5 Å². The summed E-state index contributed by atoms with van der Waals surface area (Å²) < 4.78 is 11.0. The second kappa shape index (κ2) is 10.1. The molecular weight excluding hydrogens is 468 g/mol. The Morgan fingerprint density at radius 1 is 1.19 bits per heavy atom. The van der Waals surface area contributed by atoms with E-state index in [0.717, 1.165) is 12.8 Å². The van der Waals surface area contributed by atoms with Crippen LogP contribution in [0, 0.1) is 0 Å². The normalized spacial score (nSPS) is 15.9. The van der Waals surface area contributed by atoms with Crippen molar-refractivity contribution in [3.05, 3.63) is 42.4 Å². The highest BCUT2D eigenvalue weighted by molar-refractivity contribution is 6.16. The molecule has 4 rings (SSSR count). The van der Waals surface area contributed by atoms with E-state index in [0.29, 0.717) is 30.0 Å². The zero-order valence-corrected chi connectivity index (χ0v) is 20.2. The van der Waals surface area contributed by atoms with Gasteiger partial charge in [0.25, 0.3) is 5.91 Å². The van der Waals surface area contributed by atoms with Crippen LogP contribution < -0.4 is 20.9 Å². The van der Waals surface area contributed by atoms with Crippen LogP contribution >= 0.6 is 0 Å². The van der Waals surface area contributed by atoms with Gasteiger partial charge in [-0.3, -0.25) is 20.1 Å². The van der Waals surface area contributed by atoms with Crippen LogP contribution in [0.2, 0.25) is 0 Å².